The van der Waals surface area contributed by atoms with Crippen LogP contribution in [-0.4, -0.2) is 23.3 Å². The highest BCUT2D eigenvalue weighted by molar-refractivity contribution is 5.89. The average molecular weight is 193 g/mol. The van der Waals surface area contributed by atoms with Gasteiger partial charge < -0.3 is 10.6 Å². The third kappa shape index (κ3) is 1.91. The maximum atomic E-state index is 11.4. The summed E-state index contributed by atoms with van der Waals surface area (Å²) in [6.45, 7) is 1.95. The summed E-state index contributed by atoms with van der Waals surface area (Å²) in [7, 11) is 0. The standard InChI is InChI=1S/C9H11N3O2/c1-6(2-3-10)12-5-7(9(11)14)4-8(12)13/h2,7H,4-5H2,1H3,(H2,11,14). The molecule has 0 radical (unpaired) electrons. The summed E-state index contributed by atoms with van der Waals surface area (Å²) in [5, 5.41) is 8.40. The first-order valence-corrected chi connectivity index (χ1v) is 4.22. The number of nitrogens with two attached hydrogens (primary N) is 1. The summed E-state index contributed by atoms with van der Waals surface area (Å²) in [5.41, 5.74) is 5.65. The topological polar surface area (TPSA) is 87.2 Å². The zero-order valence-corrected chi connectivity index (χ0v) is 7.86. The van der Waals surface area contributed by atoms with Crippen molar-refractivity contribution in [1.29, 1.82) is 5.26 Å². The Morgan fingerprint density at radius 2 is 2.43 bits per heavy atom. The molecule has 0 aromatic rings. The van der Waals surface area contributed by atoms with Crippen molar-refractivity contribution in [2.45, 2.75) is 13.3 Å². The van der Waals surface area contributed by atoms with Crippen molar-refractivity contribution in [2.75, 3.05) is 6.54 Å². The van der Waals surface area contributed by atoms with E-state index in [2.05, 4.69) is 0 Å². The van der Waals surface area contributed by atoms with E-state index in [1.807, 2.05) is 6.07 Å². The molecule has 1 aliphatic heterocycles. The van der Waals surface area contributed by atoms with E-state index in [0.717, 1.165) is 0 Å². The van der Waals surface area contributed by atoms with Gasteiger partial charge in [-0.1, -0.05) is 0 Å². The Kier molecular flexibility index (Phi) is 2.87. The summed E-state index contributed by atoms with van der Waals surface area (Å²) in [6, 6.07) is 1.84. The molecule has 0 aromatic heterocycles. The molecule has 74 valence electrons. The van der Waals surface area contributed by atoms with Crippen LogP contribution in [0, 0.1) is 17.2 Å². The van der Waals surface area contributed by atoms with Crippen molar-refractivity contribution in [3.05, 3.63) is 11.8 Å². The second kappa shape index (κ2) is 3.92. The largest absolute Gasteiger partial charge is 0.369 e. The molecule has 1 rings (SSSR count). The van der Waals surface area contributed by atoms with Gasteiger partial charge >= 0.3 is 0 Å². The minimum atomic E-state index is -0.467. The third-order valence-electron chi connectivity index (χ3n) is 2.23. The van der Waals surface area contributed by atoms with Crippen LogP contribution in [0.5, 0.6) is 0 Å². The zero-order valence-electron chi connectivity index (χ0n) is 7.86. The first-order valence-electron chi connectivity index (χ1n) is 4.22. The van der Waals surface area contributed by atoms with E-state index in [1.165, 1.54) is 11.0 Å². The number of carbonyl (C=O) groups is 2. The van der Waals surface area contributed by atoms with E-state index in [0.29, 0.717) is 5.70 Å². The molecule has 5 nitrogen and oxygen atoms in total. The molecular weight excluding hydrogens is 182 g/mol. The van der Waals surface area contributed by atoms with E-state index < -0.39 is 11.8 Å². The van der Waals surface area contributed by atoms with Crippen LogP contribution in [0.15, 0.2) is 11.8 Å². The summed E-state index contributed by atoms with van der Waals surface area (Å²) < 4.78 is 0. The molecule has 0 spiro atoms. The number of primary amides is 1. The van der Waals surface area contributed by atoms with Gasteiger partial charge in [0.1, 0.15) is 0 Å². The number of allylic oxidation sites excluding steroid dienone is 2. The van der Waals surface area contributed by atoms with Crippen LogP contribution in [0.4, 0.5) is 0 Å². The highest BCUT2D eigenvalue weighted by Gasteiger charge is 2.33. The second-order valence-corrected chi connectivity index (χ2v) is 3.22. The lowest BCUT2D eigenvalue weighted by Gasteiger charge is -2.15. The molecule has 0 saturated carbocycles. The minimum Gasteiger partial charge on any atom is -0.369 e. The summed E-state index contributed by atoms with van der Waals surface area (Å²) in [6.07, 6.45) is 1.42. The monoisotopic (exact) mass is 193 g/mol. The van der Waals surface area contributed by atoms with Gasteiger partial charge in [-0.25, -0.2) is 0 Å². The number of carbonyl (C=O) groups excluding carboxylic acids is 2. The van der Waals surface area contributed by atoms with Crippen molar-refractivity contribution in [1.82, 2.24) is 4.90 Å². The fourth-order valence-corrected chi connectivity index (χ4v) is 1.41. The first kappa shape index (κ1) is 10.3. The molecule has 14 heavy (non-hydrogen) atoms. The second-order valence-electron chi connectivity index (χ2n) is 3.22. The molecule has 0 bridgehead atoms. The van der Waals surface area contributed by atoms with Crippen LogP contribution >= 0.6 is 0 Å². The lowest BCUT2D eigenvalue weighted by molar-refractivity contribution is -0.127. The molecule has 2 N–H and O–H groups in total. The molecule has 1 heterocycles. The number of hydrogen-bond donors (Lipinski definition) is 1. The van der Waals surface area contributed by atoms with Crippen LogP contribution < -0.4 is 5.73 Å². The first-order chi connectivity index (χ1) is 6.56. The van der Waals surface area contributed by atoms with Gasteiger partial charge in [-0.05, 0) is 6.92 Å². The van der Waals surface area contributed by atoms with Crippen molar-refractivity contribution in [3.63, 3.8) is 0 Å². The Hall–Kier alpha value is -1.83. The summed E-state index contributed by atoms with van der Waals surface area (Å²) in [4.78, 5) is 23.6. The maximum absolute atomic E-state index is 11.4. The van der Waals surface area contributed by atoms with Crippen LogP contribution in [-0.2, 0) is 9.59 Å². The van der Waals surface area contributed by atoms with Crippen molar-refractivity contribution < 1.29 is 9.59 Å². The number of rotatable bonds is 2. The molecule has 0 aliphatic carbocycles. The minimum absolute atomic E-state index is 0.145. The fourth-order valence-electron chi connectivity index (χ4n) is 1.41. The summed E-state index contributed by atoms with van der Waals surface area (Å²) in [5.74, 6) is -1.05. The van der Waals surface area contributed by atoms with Gasteiger partial charge in [-0.2, -0.15) is 5.26 Å². The van der Waals surface area contributed by atoms with Crippen molar-refractivity contribution in [3.8, 4) is 6.07 Å². The van der Waals surface area contributed by atoms with Gasteiger partial charge in [0.15, 0.2) is 0 Å². The van der Waals surface area contributed by atoms with Crippen molar-refractivity contribution >= 4 is 11.8 Å². The molecule has 5 heteroatoms. The third-order valence-corrected chi connectivity index (χ3v) is 2.23. The number of hydrogen-bond acceptors (Lipinski definition) is 3. The highest BCUT2D eigenvalue weighted by atomic mass is 16.2. The van der Waals surface area contributed by atoms with E-state index in [1.54, 1.807) is 6.92 Å². The fraction of sp³-hybridized carbons (Fsp3) is 0.444. The zero-order chi connectivity index (χ0) is 10.7. The van der Waals surface area contributed by atoms with Gasteiger partial charge in [-0.3, -0.25) is 9.59 Å². The van der Waals surface area contributed by atoms with E-state index in [9.17, 15) is 9.59 Å². The highest BCUT2D eigenvalue weighted by Crippen LogP contribution is 2.21. The quantitative estimate of drug-likeness (QED) is 0.613. The lowest BCUT2D eigenvalue weighted by atomic mass is 10.1. The number of amides is 2. The van der Waals surface area contributed by atoms with Gasteiger partial charge in [0.05, 0.1) is 12.0 Å². The Morgan fingerprint density at radius 3 is 2.86 bits per heavy atom. The van der Waals surface area contributed by atoms with E-state index in [-0.39, 0.29) is 18.9 Å². The Balaban J connectivity index is 2.76. The maximum Gasteiger partial charge on any atom is 0.227 e. The number of nitrogens with zero attached hydrogens (tertiary/aromatic N) is 2. The van der Waals surface area contributed by atoms with E-state index >= 15 is 0 Å². The molecule has 1 unspecified atom stereocenters. The van der Waals surface area contributed by atoms with E-state index in [4.69, 9.17) is 11.0 Å². The molecular formula is C9H11N3O2. The van der Waals surface area contributed by atoms with Gasteiger partial charge in [0, 0.05) is 24.7 Å². The van der Waals surface area contributed by atoms with Crippen LogP contribution in [0.25, 0.3) is 0 Å². The average Bonchev–Trinajstić information content (AvgIpc) is 2.48. The number of likely N-dealkylation sites (tertiary alicyclic amines) is 1. The predicted molar refractivity (Wildman–Crippen MR) is 48.4 cm³/mol. The molecule has 0 aromatic carbocycles. The molecule has 2 amide bonds. The van der Waals surface area contributed by atoms with Crippen LogP contribution in [0.1, 0.15) is 13.3 Å². The smallest absolute Gasteiger partial charge is 0.227 e. The van der Waals surface area contributed by atoms with Crippen LogP contribution in [0.2, 0.25) is 0 Å². The summed E-state index contributed by atoms with van der Waals surface area (Å²) >= 11 is 0. The molecule has 1 fully saturated rings. The lowest BCUT2D eigenvalue weighted by Crippen LogP contribution is -2.27. The molecule has 1 aliphatic rings. The molecule has 1 saturated heterocycles. The van der Waals surface area contributed by atoms with Gasteiger partial charge in [0.25, 0.3) is 0 Å². The van der Waals surface area contributed by atoms with Crippen molar-refractivity contribution in [2.24, 2.45) is 11.7 Å². The predicted octanol–water partition coefficient (Wildman–Crippen LogP) is -0.252. The Labute approximate surface area is 81.8 Å². The van der Waals surface area contributed by atoms with Crippen LogP contribution in [0.3, 0.4) is 0 Å². The SMILES string of the molecule is CC(=CC#N)N1CC(C(N)=O)CC1=O. The van der Waals surface area contributed by atoms with Gasteiger partial charge in [0.2, 0.25) is 11.8 Å². The molecule has 1 atom stereocenters. The van der Waals surface area contributed by atoms with Gasteiger partial charge in [-0.15, -0.1) is 0 Å². The normalized spacial score (nSPS) is 22.3. The Bertz CT molecular complexity index is 340. The Morgan fingerprint density at radius 1 is 1.79 bits per heavy atom. The number of nitriles is 1.